The third-order valence-corrected chi connectivity index (χ3v) is 4.16. The number of hydrogen-bond donors (Lipinski definition) is 0. The standard InChI is InChI=1S/C16H18ClN3O2/c1-11-18-19-15(22-11)10-16(21)20-8-3-2-7-14(20)12-5-4-6-13(17)9-12/h4-6,9,14H,2-3,7-8,10H2,1H3. The fourth-order valence-electron chi connectivity index (χ4n) is 2.93. The van der Waals surface area contributed by atoms with Gasteiger partial charge >= 0.3 is 0 Å². The number of piperidine rings is 1. The van der Waals surface area contributed by atoms with Crippen molar-refractivity contribution < 1.29 is 9.21 Å². The number of aryl methyl sites for hydroxylation is 1. The zero-order valence-corrected chi connectivity index (χ0v) is 13.2. The molecule has 5 nitrogen and oxygen atoms in total. The topological polar surface area (TPSA) is 59.2 Å². The van der Waals surface area contributed by atoms with E-state index in [0.717, 1.165) is 31.4 Å². The molecule has 1 fully saturated rings. The molecular formula is C16H18ClN3O2. The molecule has 2 aromatic rings. The van der Waals surface area contributed by atoms with Crippen molar-refractivity contribution in [2.75, 3.05) is 6.54 Å². The molecule has 2 heterocycles. The summed E-state index contributed by atoms with van der Waals surface area (Å²) < 4.78 is 5.31. The summed E-state index contributed by atoms with van der Waals surface area (Å²) in [6.45, 7) is 2.47. The average molecular weight is 320 g/mol. The molecule has 1 aromatic carbocycles. The normalized spacial score (nSPS) is 18.5. The lowest BCUT2D eigenvalue weighted by molar-refractivity contribution is -0.134. The van der Waals surface area contributed by atoms with Gasteiger partial charge in [-0.3, -0.25) is 4.79 Å². The number of halogens is 1. The number of aromatic nitrogens is 2. The van der Waals surface area contributed by atoms with Gasteiger partial charge in [0.1, 0.15) is 6.42 Å². The van der Waals surface area contributed by atoms with E-state index in [0.29, 0.717) is 16.8 Å². The van der Waals surface area contributed by atoms with Crippen LogP contribution in [0.5, 0.6) is 0 Å². The van der Waals surface area contributed by atoms with E-state index in [1.54, 1.807) is 6.92 Å². The van der Waals surface area contributed by atoms with E-state index in [1.165, 1.54) is 0 Å². The molecule has 1 atom stereocenters. The predicted octanol–water partition coefficient (Wildman–Crippen LogP) is 3.33. The maximum atomic E-state index is 12.6. The molecule has 1 aromatic heterocycles. The number of amides is 1. The van der Waals surface area contributed by atoms with Crippen LogP contribution in [0.25, 0.3) is 0 Å². The highest BCUT2D eigenvalue weighted by Gasteiger charge is 2.28. The van der Waals surface area contributed by atoms with E-state index in [4.69, 9.17) is 16.0 Å². The molecule has 1 aliphatic rings. The minimum atomic E-state index is 0.0216. The summed E-state index contributed by atoms with van der Waals surface area (Å²) in [6, 6.07) is 7.81. The second kappa shape index (κ2) is 6.48. The van der Waals surface area contributed by atoms with Crippen molar-refractivity contribution in [1.82, 2.24) is 15.1 Å². The van der Waals surface area contributed by atoms with Crippen LogP contribution in [0, 0.1) is 6.92 Å². The largest absolute Gasteiger partial charge is 0.425 e. The lowest BCUT2D eigenvalue weighted by atomic mass is 9.95. The van der Waals surface area contributed by atoms with E-state index in [9.17, 15) is 4.79 Å². The van der Waals surface area contributed by atoms with E-state index < -0.39 is 0 Å². The lowest BCUT2D eigenvalue weighted by Crippen LogP contribution is -2.39. The second-order valence-corrected chi connectivity index (χ2v) is 5.98. The van der Waals surface area contributed by atoms with Gasteiger partial charge in [-0.2, -0.15) is 0 Å². The first-order chi connectivity index (χ1) is 10.6. The van der Waals surface area contributed by atoms with E-state index in [1.807, 2.05) is 29.2 Å². The molecule has 1 saturated heterocycles. The lowest BCUT2D eigenvalue weighted by Gasteiger charge is -2.36. The molecule has 0 N–H and O–H groups in total. The first-order valence-corrected chi connectivity index (χ1v) is 7.85. The van der Waals surface area contributed by atoms with Gasteiger partial charge in [0, 0.05) is 18.5 Å². The zero-order chi connectivity index (χ0) is 15.5. The van der Waals surface area contributed by atoms with Gasteiger partial charge in [-0.15, -0.1) is 10.2 Å². The fraction of sp³-hybridized carbons (Fsp3) is 0.438. The van der Waals surface area contributed by atoms with E-state index >= 15 is 0 Å². The molecule has 1 aliphatic heterocycles. The Bertz CT molecular complexity index is 671. The highest BCUT2D eigenvalue weighted by atomic mass is 35.5. The summed E-state index contributed by atoms with van der Waals surface area (Å²) in [5, 5.41) is 8.37. The fourth-order valence-corrected chi connectivity index (χ4v) is 3.13. The van der Waals surface area contributed by atoms with Crippen LogP contribution in [0.15, 0.2) is 28.7 Å². The molecule has 0 saturated carbocycles. The Morgan fingerprint density at radius 1 is 1.41 bits per heavy atom. The van der Waals surface area contributed by atoms with Crippen LogP contribution < -0.4 is 0 Å². The van der Waals surface area contributed by atoms with Crippen molar-refractivity contribution in [3.05, 3.63) is 46.6 Å². The zero-order valence-electron chi connectivity index (χ0n) is 12.5. The van der Waals surface area contributed by atoms with E-state index in [-0.39, 0.29) is 18.4 Å². The summed E-state index contributed by atoms with van der Waals surface area (Å²) in [7, 11) is 0. The molecule has 0 spiro atoms. The molecule has 6 heteroatoms. The van der Waals surface area contributed by atoms with E-state index in [2.05, 4.69) is 10.2 Å². The van der Waals surface area contributed by atoms with Crippen LogP contribution in [0.4, 0.5) is 0 Å². The van der Waals surface area contributed by atoms with Crippen molar-refractivity contribution in [2.24, 2.45) is 0 Å². The average Bonchev–Trinajstić information content (AvgIpc) is 2.92. The Labute approximate surface area is 134 Å². The number of nitrogens with zero attached hydrogens (tertiary/aromatic N) is 3. The molecule has 1 unspecified atom stereocenters. The van der Waals surface area contributed by atoms with Crippen LogP contribution in [0.1, 0.15) is 42.6 Å². The van der Waals surface area contributed by atoms with Crippen molar-refractivity contribution in [1.29, 1.82) is 0 Å². The highest BCUT2D eigenvalue weighted by Crippen LogP contribution is 2.32. The Hall–Kier alpha value is -1.88. The molecular weight excluding hydrogens is 302 g/mol. The van der Waals surface area contributed by atoms with Crippen molar-refractivity contribution in [3.8, 4) is 0 Å². The van der Waals surface area contributed by atoms with Crippen LogP contribution in [-0.2, 0) is 11.2 Å². The minimum absolute atomic E-state index is 0.0216. The first kappa shape index (κ1) is 15.0. The number of benzene rings is 1. The van der Waals surface area contributed by atoms with Gasteiger partial charge in [-0.05, 0) is 37.0 Å². The quantitative estimate of drug-likeness (QED) is 0.870. The van der Waals surface area contributed by atoms with Crippen LogP contribution in [0.2, 0.25) is 5.02 Å². The molecule has 0 radical (unpaired) electrons. The van der Waals surface area contributed by atoms with Crippen LogP contribution in [-0.4, -0.2) is 27.5 Å². The van der Waals surface area contributed by atoms with Gasteiger partial charge in [0.05, 0.1) is 6.04 Å². The maximum absolute atomic E-state index is 12.6. The highest BCUT2D eigenvalue weighted by molar-refractivity contribution is 6.30. The van der Waals surface area contributed by atoms with Gasteiger partial charge in [-0.1, -0.05) is 23.7 Å². The van der Waals surface area contributed by atoms with Crippen molar-refractivity contribution in [2.45, 2.75) is 38.6 Å². The van der Waals surface area contributed by atoms with Gasteiger partial charge < -0.3 is 9.32 Å². The third kappa shape index (κ3) is 3.30. The number of carbonyl (C=O) groups excluding carboxylic acids is 1. The smallest absolute Gasteiger partial charge is 0.232 e. The SMILES string of the molecule is Cc1nnc(CC(=O)N2CCCCC2c2cccc(Cl)c2)o1. The Morgan fingerprint density at radius 2 is 2.27 bits per heavy atom. The van der Waals surface area contributed by atoms with Gasteiger partial charge in [0.15, 0.2) is 0 Å². The maximum Gasteiger partial charge on any atom is 0.232 e. The van der Waals surface area contributed by atoms with Gasteiger partial charge in [-0.25, -0.2) is 0 Å². The predicted molar refractivity (Wildman–Crippen MR) is 82.5 cm³/mol. The number of hydrogen-bond acceptors (Lipinski definition) is 4. The molecule has 22 heavy (non-hydrogen) atoms. The molecule has 116 valence electrons. The molecule has 0 bridgehead atoms. The van der Waals surface area contributed by atoms with Gasteiger partial charge in [0.2, 0.25) is 17.7 Å². The number of likely N-dealkylation sites (tertiary alicyclic amines) is 1. The Kier molecular flexibility index (Phi) is 4.43. The number of carbonyl (C=O) groups is 1. The molecule has 3 rings (SSSR count). The van der Waals surface area contributed by atoms with Crippen LogP contribution in [0.3, 0.4) is 0 Å². The molecule has 1 amide bonds. The second-order valence-electron chi connectivity index (χ2n) is 5.55. The summed E-state index contributed by atoms with van der Waals surface area (Å²) >= 11 is 6.09. The van der Waals surface area contributed by atoms with Crippen molar-refractivity contribution >= 4 is 17.5 Å². The Morgan fingerprint density at radius 3 is 3.00 bits per heavy atom. The Balaban J connectivity index is 1.78. The summed E-state index contributed by atoms with van der Waals surface area (Å²) in [4.78, 5) is 14.5. The monoisotopic (exact) mass is 319 g/mol. The molecule has 0 aliphatic carbocycles. The summed E-state index contributed by atoms with van der Waals surface area (Å²) in [6.07, 6.45) is 3.24. The van der Waals surface area contributed by atoms with Crippen LogP contribution >= 0.6 is 11.6 Å². The minimum Gasteiger partial charge on any atom is -0.425 e. The van der Waals surface area contributed by atoms with Crippen molar-refractivity contribution in [3.63, 3.8) is 0 Å². The van der Waals surface area contributed by atoms with Gasteiger partial charge in [0.25, 0.3) is 0 Å². The number of rotatable bonds is 3. The third-order valence-electron chi connectivity index (χ3n) is 3.93. The first-order valence-electron chi connectivity index (χ1n) is 7.47. The summed E-state index contributed by atoms with van der Waals surface area (Å²) in [5.41, 5.74) is 1.09. The summed E-state index contributed by atoms with van der Waals surface area (Å²) in [5.74, 6) is 0.874.